The summed E-state index contributed by atoms with van der Waals surface area (Å²) in [5.41, 5.74) is 1.55. The van der Waals surface area contributed by atoms with Crippen LogP contribution < -0.4 is 0 Å². The van der Waals surface area contributed by atoms with Crippen molar-refractivity contribution in [1.82, 2.24) is 0 Å². The van der Waals surface area contributed by atoms with Crippen molar-refractivity contribution in [3.05, 3.63) is 35.9 Å². The summed E-state index contributed by atoms with van der Waals surface area (Å²) in [4.78, 5) is 0. The first-order chi connectivity index (χ1) is 5.87. The van der Waals surface area contributed by atoms with E-state index in [-0.39, 0.29) is 5.41 Å². The lowest BCUT2D eigenvalue weighted by Gasteiger charge is -2.40. The van der Waals surface area contributed by atoms with Crippen LogP contribution in [0.25, 0.3) is 0 Å². The van der Waals surface area contributed by atoms with E-state index in [1.54, 1.807) is 0 Å². The van der Waals surface area contributed by atoms with Crippen LogP contribution in [0.15, 0.2) is 30.3 Å². The molecule has 0 atom stereocenters. The molecule has 1 aliphatic rings. The van der Waals surface area contributed by atoms with Gasteiger partial charge in [0.2, 0.25) is 0 Å². The van der Waals surface area contributed by atoms with E-state index in [9.17, 15) is 0 Å². The summed E-state index contributed by atoms with van der Waals surface area (Å²) in [6.45, 7) is 1.64. The molecule has 0 aliphatic carbocycles. The molecule has 1 heterocycles. The molecule has 0 radical (unpaired) electrons. The van der Waals surface area contributed by atoms with Crippen LogP contribution in [-0.2, 0) is 10.2 Å². The lowest BCUT2D eigenvalue weighted by atomic mass is 9.81. The Bertz CT molecular complexity index is 248. The Kier molecular flexibility index (Phi) is 2.11. The lowest BCUT2D eigenvalue weighted by Crippen LogP contribution is -2.48. The van der Waals surface area contributed by atoms with E-state index in [1.165, 1.54) is 5.56 Å². The quantitative estimate of drug-likeness (QED) is 0.684. The van der Waals surface area contributed by atoms with Crippen molar-refractivity contribution in [2.75, 3.05) is 19.0 Å². The fourth-order valence-corrected chi connectivity index (χ4v) is 1.85. The fraction of sp³-hybridized carbons (Fsp3) is 0.400. The van der Waals surface area contributed by atoms with Crippen LogP contribution in [0.2, 0.25) is 0 Å². The predicted octanol–water partition coefficient (Wildman–Crippen LogP) is 1.88. The molecule has 1 aliphatic heterocycles. The van der Waals surface area contributed by atoms with Gasteiger partial charge >= 0.3 is 0 Å². The minimum absolute atomic E-state index is 0.199. The van der Waals surface area contributed by atoms with Gasteiger partial charge in [0, 0.05) is 5.75 Å². The summed E-state index contributed by atoms with van der Waals surface area (Å²) in [7, 11) is 0. The maximum Gasteiger partial charge on any atom is 0.0593 e. The zero-order valence-electron chi connectivity index (χ0n) is 6.86. The van der Waals surface area contributed by atoms with Crippen LogP contribution in [0.4, 0.5) is 0 Å². The molecule has 0 unspecified atom stereocenters. The summed E-state index contributed by atoms with van der Waals surface area (Å²) in [5, 5.41) is 0. The zero-order valence-corrected chi connectivity index (χ0v) is 7.76. The van der Waals surface area contributed by atoms with E-state index in [4.69, 9.17) is 4.74 Å². The molecule has 0 amide bonds. The Hall–Kier alpha value is -0.470. The Morgan fingerprint density at radius 2 is 1.92 bits per heavy atom. The highest BCUT2D eigenvalue weighted by atomic mass is 32.1. The number of ether oxygens (including phenoxy) is 1. The van der Waals surface area contributed by atoms with E-state index in [1.807, 2.05) is 6.07 Å². The average Bonchev–Trinajstić information content (AvgIpc) is 2.05. The SMILES string of the molecule is SCC1(c2ccccc2)COC1. The molecule has 12 heavy (non-hydrogen) atoms. The monoisotopic (exact) mass is 180 g/mol. The maximum atomic E-state index is 5.23. The fourth-order valence-electron chi connectivity index (χ4n) is 1.49. The molecule has 64 valence electrons. The van der Waals surface area contributed by atoms with Gasteiger partial charge in [0.05, 0.1) is 18.6 Å². The van der Waals surface area contributed by atoms with E-state index in [0.29, 0.717) is 0 Å². The standard InChI is InChI=1S/C10H12OS/c12-8-10(6-11-7-10)9-4-2-1-3-5-9/h1-5,12H,6-8H2. The number of thiol groups is 1. The highest BCUT2D eigenvalue weighted by Gasteiger charge is 2.38. The Morgan fingerprint density at radius 3 is 2.33 bits per heavy atom. The highest BCUT2D eigenvalue weighted by molar-refractivity contribution is 7.80. The summed E-state index contributed by atoms with van der Waals surface area (Å²) >= 11 is 4.36. The first-order valence-electron chi connectivity index (χ1n) is 4.11. The average molecular weight is 180 g/mol. The molecule has 0 saturated carbocycles. The molecule has 2 rings (SSSR count). The van der Waals surface area contributed by atoms with Gasteiger partial charge in [-0.3, -0.25) is 0 Å². The van der Waals surface area contributed by atoms with Crippen LogP contribution >= 0.6 is 12.6 Å². The largest absolute Gasteiger partial charge is 0.379 e. The minimum Gasteiger partial charge on any atom is -0.379 e. The Morgan fingerprint density at radius 1 is 1.25 bits per heavy atom. The zero-order chi connectivity index (χ0) is 8.44. The summed E-state index contributed by atoms with van der Waals surface area (Å²) in [6, 6.07) is 10.5. The topological polar surface area (TPSA) is 9.23 Å². The van der Waals surface area contributed by atoms with Crippen molar-refractivity contribution < 1.29 is 4.74 Å². The molecule has 1 aromatic rings. The third kappa shape index (κ3) is 1.15. The van der Waals surface area contributed by atoms with Crippen molar-refractivity contribution >= 4 is 12.6 Å². The van der Waals surface area contributed by atoms with Gasteiger partial charge in [-0.2, -0.15) is 12.6 Å². The van der Waals surface area contributed by atoms with Gasteiger partial charge in [-0.15, -0.1) is 0 Å². The second-order valence-corrected chi connectivity index (χ2v) is 3.61. The molecule has 0 bridgehead atoms. The molecule has 2 heteroatoms. The number of hydrogen-bond acceptors (Lipinski definition) is 2. The molecule has 1 nitrogen and oxygen atoms in total. The van der Waals surface area contributed by atoms with Crippen LogP contribution in [0.3, 0.4) is 0 Å². The summed E-state index contributed by atoms with van der Waals surface area (Å²) in [5.74, 6) is 0.872. The van der Waals surface area contributed by atoms with Crippen LogP contribution in [0.1, 0.15) is 5.56 Å². The van der Waals surface area contributed by atoms with Crippen LogP contribution in [0.5, 0.6) is 0 Å². The van der Waals surface area contributed by atoms with E-state index in [0.717, 1.165) is 19.0 Å². The maximum absolute atomic E-state index is 5.23. The third-order valence-electron chi connectivity index (χ3n) is 2.45. The molecule has 1 saturated heterocycles. The number of benzene rings is 1. The molecular formula is C10H12OS. The first-order valence-corrected chi connectivity index (χ1v) is 4.75. The molecule has 0 spiro atoms. The van der Waals surface area contributed by atoms with Crippen molar-refractivity contribution in [2.45, 2.75) is 5.41 Å². The summed E-state index contributed by atoms with van der Waals surface area (Å²) in [6.07, 6.45) is 0. The first kappa shape index (κ1) is 8.14. The lowest BCUT2D eigenvalue weighted by molar-refractivity contribution is -0.0470. The van der Waals surface area contributed by atoms with Crippen molar-refractivity contribution in [3.8, 4) is 0 Å². The van der Waals surface area contributed by atoms with E-state index < -0.39 is 0 Å². The normalized spacial score (nSPS) is 20.1. The van der Waals surface area contributed by atoms with Crippen molar-refractivity contribution in [2.24, 2.45) is 0 Å². The van der Waals surface area contributed by atoms with E-state index in [2.05, 4.69) is 36.9 Å². The second kappa shape index (κ2) is 3.11. The van der Waals surface area contributed by atoms with Gasteiger partial charge in [-0.25, -0.2) is 0 Å². The van der Waals surface area contributed by atoms with Crippen LogP contribution in [-0.4, -0.2) is 19.0 Å². The van der Waals surface area contributed by atoms with Gasteiger partial charge in [0.1, 0.15) is 0 Å². The predicted molar refractivity (Wildman–Crippen MR) is 52.8 cm³/mol. The van der Waals surface area contributed by atoms with Gasteiger partial charge in [-0.05, 0) is 5.56 Å². The third-order valence-corrected chi connectivity index (χ3v) is 3.05. The number of hydrogen-bond donors (Lipinski definition) is 1. The molecule has 0 N–H and O–H groups in total. The van der Waals surface area contributed by atoms with Crippen LogP contribution in [0, 0.1) is 0 Å². The molecular weight excluding hydrogens is 168 g/mol. The second-order valence-electron chi connectivity index (χ2n) is 3.30. The van der Waals surface area contributed by atoms with Crippen molar-refractivity contribution in [3.63, 3.8) is 0 Å². The molecule has 1 aromatic carbocycles. The Labute approximate surface area is 78.2 Å². The van der Waals surface area contributed by atoms with Gasteiger partial charge in [-0.1, -0.05) is 30.3 Å². The number of rotatable bonds is 2. The van der Waals surface area contributed by atoms with E-state index >= 15 is 0 Å². The molecule has 1 fully saturated rings. The minimum atomic E-state index is 0.199. The summed E-state index contributed by atoms with van der Waals surface area (Å²) < 4.78 is 5.23. The van der Waals surface area contributed by atoms with Crippen molar-refractivity contribution in [1.29, 1.82) is 0 Å². The highest BCUT2D eigenvalue weighted by Crippen LogP contribution is 2.32. The van der Waals surface area contributed by atoms with Gasteiger partial charge in [0.25, 0.3) is 0 Å². The smallest absolute Gasteiger partial charge is 0.0593 e. The van der Waals surface area contributed by atoms with Gasteiger partial charge in [0.15, 0.2) is 0 Å². The van der Waals surface area contributed by atoms with Gasteiger partial charge < -0.3 is 4.74 Å². The Balaban J connectivity index is 2.28. The molecule has 0 aromatic heterocycles.